The number of benzene rings is 1. The lowest BCUT2D eigenvalue weighted by atomic mass is 9.74. The highest BCUT2D eigenvalue weighted by molar-refractivity contribution is 5.69. The SMILES string of the molecule is CC(C)(C)OC(=O)NC1(c2cccc(F)c2)CCCCC1O. The Hall–Kier alpha value is -1.62. The molecule has 1 aliphatic carbocycles. The Labute approximate surface area is 130 Å². The first-order valence-corrected chi connectivity index (χ1v) is 7.68. The Balaban J connectivity index is 2.32. The first-order valence-electron chi connectivity index (χ1n) is 7.68. The van der Waals surface area contributed by atoms with Gasteiger partial charge in [-0.05, 0) is 51.3 Å². The van der Waals surface area contributed by atoms with E-state index in [1.54, 1.807) is 32.9 Å². The average Bonchev–Trinajstić information content (AvgIpc) is 2.39. The minimum absolute atomic E-state index is 0.388. The molecule has 1 amide bonds. The van der Waals surface area contributed by atoms with Crippen LogP contribution in [0.25, 0.3) is 0 Å². The van der Waals surface area contributed by atoms with Gasteiger partial charge in [0.05, 0.1) is 11.6 Å². The molecule has 0 aliphatic heterocycles. The van der Waals surface area contributed by atoms with E-state index in [-0.39, 0.29) is 5.82 Å². The second-order valence-corrected chi connectivity index (χ2v) is 6.87. The summed E-state index contributed by atoms with van der Waals surface area (Å²) in [5.74, 6) is -0.388. The van der Waals surface area contributed by atoms with Crippen LogP contribution < -0.4 is 5.32 Å². The Bertz CT molecular complexity index is 541. The van der Waals surface area contributed by atoms with E-state index < -0.39 is 23.3 Å². The van der Waals surface area contributed by atoms with Gasteiger partial charge in [-0.25, -0.2) is 9.18 Å². The fourth-order valence-corrected chi connectivity index (χ4v) is 2.96. The zero-order valence-electron chi connectivity index (χ0n) is 13.4. The molecule has 1 fully saturated rings. The summed E-state index contributed by atoms with van der Waals surface area (Å²) in [6.45, 7) is 5.33. The molecule has 0 spiro atoms. The molecule has 0 aromatic heterocycles. The number of aliphatic hydroxyl groups excluding tert-OH is 1. The number of hydrogen-bond acceptors (Lipinski definition) is 3. The molecular formula is C17H24FNO3. The summed E-state index contributed by atoms with van der Waals surface area (Å²) in [5.41, 5.74) is -1.05. The van der Waals surface area contributed by atoms with Crippen LogP contribution in [0.15, 0.2) is 24.3 Å². The van der Waals surface area contributed by atoms with Gasteiger partial charge >= 0.3 is 6.09 Å². The van der Waals surface area contributed by atoms with Gasteiger partial charge in [0.15, 0.2) is 0 Å². The molecule has 4 nitrogen and oxygen atoms in total. The normalized spacial score (nSPS) is 25.6. The number of hydrogen-bond donors (Lipinski definition) is 2. The van der Waals surface area contributed by atoms with Gasteiger partial charge < -0.3 is 15.2 Å². The topological polar surface area (TPSA) is 58.6 Å². The first kappa shape index (κ1) is 16.7. The fraction of sp³-hybridized carbons (Fsp3) is 0.588. The molecule has 1 aliphatic rings. The lowest BCUT2D eigenvalue weighted by Gasteiger charge is -2.42. The minimum Gasteiger partial charge on any atom is -0.444 e. The summed E-state index contributed by atoms with van der Waals surface area (Å²) < 4.78 is 18.9. The minimum atomic E-state index is -0.997. The van der Waals surface area contributed by atoms with Crippen molar-refractivity contribution in [2.45, 2.75) is 63.7 Å². The molecular weight excluding hydrogens is 285 g/mol. The maximum absolute atomic E-state index is 13.6. The van der Waals surface area contributed by atoms with Crippen molar-refractivity contribution in [2.75, 3.05) is 0 Å². The molecule has 0 heterocycles. The van der Waals surface area contributed by atoms with Crippen LogP contribution in [0.1, 0.15) is 52.0 Å². The van der Waals surface area contributed by atoms with Gasteiger partial charge in [-0.3, -0.25) is 0 Å². The molecule has 1 aromatic rings. The van der Waals surface area contributed by atoms with E-state index in [0.29, 0.717) is 18.4 Å². The van der Waals surface area contributed by atoms with Crippen molar-refractivity contribution in [1.29, 1.82) is 0 Å². The smallest absolute Gasteiger partial charge is 0.408 e. The molecule has 122 valence electrons. The van der Waals surface area contributed by atoms with Crippen LogP contribution in [-0.4, -0.2) is 22.9 Å². The number of aliphatic hydroxyl groups is 1. The molecule has 22 heavy (non-hydrogen) atoms. The van der Waals surface area contributed by atoms with Gasteiger partial charge in [-0.15, -0.1) is 0 Å². The van der Waals surface area contributed by atoms with Gasteiger partial charge in [-0.1, -0.05) is 25.0 Å². The highest BCUT2D eigenvalue weighted by Crippen LogP contribution is 2.38. The van der Waals surface area contributed by atoms with Crippen molar-refractivity contribution in [2.24, 2.45) is 0 Å². The van der Waals surface area contributed by atoms with Crippen LogP contribution >= 0.6 is 0 Å². The molecule has 1 saturated carbocycles. The van der Waals surface area contributed by atoms with Gasteiger partial charge in [0.25, 0.3) is 0 Å². The third-order valence-corrected chi connectivity index (χ3v) is 3.93. The number of ether oxygens (including phenoxy) is 1. The van der Waals surface area contributed by atoms with Crippen molar-refractivity contribution in [3.8, 4) is 0 Å². The summed E-state index contributed by atoms with van der Waals surface area (Å²) >= 11 is 0. The second-order valence-electron chi connectivity index (χ2n) is 6.87. The third kappa shape index (κ3) is 3.77. The van der Waals surface area contributed by atoms with Gasteiger partial charge in [0, 0.05) is 0 Å². The van der Waals surface area contributed by atoms with E-state index in [1.807, 2.05) is 0 Å². The molecule has 2 atom stereocenters. The zero-order chi connectivity index (χ0) is 16.4. The van der Waals surface area contributed by atoms with Crippen LogP contribution in [0.5, 0.6) is 0 Å². The van der Waals surface area contributed by atoms with E-state index in [0.717, 1.165) is 12.8 Å². The van der Waals surface area contributed by atoms with Crippen LogP contribution in [-0.2, 0) is 10.3 Å². The lowest BCUT2D eigenvalue weighted by Crippen LogP contribution is -2.56. The van der Waals surface area contributed by atoms with Crippen molar-refractivity contribution in [3.05, 3.63) is 35.6 Å². The van der Waals surface area contributed by atoms with Crippen LogP contribution in [0.3, 0.4) is 0 Å². The second kappa shape index (κ2) is 6.24. The number of nitrogens with one attached hydrogen (secondary N) is 1. The molecule has 1 aromatic carbocycles. The quantitative estimate of drug-likeness (QED) is 0.879. The van der Waals surface area contributed by atoms with Crippen molar-refractivity contribution in [1.82, 2.24) is 5.32 Å². The molecule has 0 bridgehead atoms. The van der Waals surface area contributed by atoms with E-state index in [9.17, 15) is 14.3 Å². The van der Waals surface area contributed by atoms with E-state index in [2.05, 4.69) is 5.32 Å². The highest BCUT2D eigenvalue weighted by Gasteiger charge is 2.43. The maximum atomic E-state index is 13.6. The number of halogens is 1. The van der Waals surface area contributed by atoms with Crippen molar-refractivity contribution >= 4 is 6.09 Å². The maximum Gasteiger partial charge on any atom is 0.408 e. The number of alkyl carbamates (subject to hydrolysis) is 1. The predicted molar refractivity (Wildman–Crippen MR) is 81.9 cm³/mol. The van der Waals surface area contributed by atoms with Gasteiger partial charge in [0.1, 0.15) is 11.4 Å². The Morgan fingerprint density at radius 2 is 2.14 bits per heavy atom. The Kier molecular flexibility index (Phi) is 4.75. The number of amides is 1. The standard InChI is InChI=1S/C17H24FNO3/c1-16(2,3)22-15(21)19-17(10-5-4-9-14(17)20)12-7-6-8-13(18)11-12/h6-8,11,14,20H,4-5,9-10H2,1-3H3,(H,19,21). The number of carbonyl (C=O) groups is 1. The molecule has 2 unspecified atom stereocenters. The monoisotopic (exact) mass is 309 g/mol. The van der Waals surface area contributed by atoms with Crippen LogP contribution in [0.4, 0.5) is 9.18 Å². The summed E-state index contributed by atoms with van der Waals surface area (Å²) in [6, 6.07) is 6.03. The molecule has 2 rings (SSSR count). The lowest BCUT2D eigenvalue weighted by molar-refractivity contribution is 0.000552. The average molecular weight is 309 g/mol. The molecule has 5 heteroatoms. The summed E-state index contributed by atoms with van der Waals surface area (Å²) in [6.07, 6.45) is 1.48. The van der Waals surface area contributed by atoms with Gasteiger partial charge in [0.2, 0.25) is 0 Å². The first-order chi connectivity index (χ1) is 10.2. The van der Waals surface area contributed by atoms with Crippen LogP contribution in [0.2, 0.25) is 0 Å². The fourth-order valence-electron chi connectivity index (χ4n) is 2.96. The zero-order valence-corrected chi connectivity index (χ0v) is 13.4. The summed E-state index contributed by atoms with van der Waals surface area (Å²) in [5, 5.41) is 13.3. The summed E-state index contributed by atoms with van der Waals surface area (Å²) in [7, 11) is 0. The van der Waals surface area contributed by atoms with Crippen molar-refractivity contribution in [3.63, 3.8) is 0 Å². The molecule has 2 N–H and O–H groups in total. The predicted octanol–water partition coefficient (Wildman–Crippen LogP) is 3.48. The summed E-state index contributed by atoms with van der Waals surface area (Å²) in [4.78, 5) is 12.2. The van der Waals surface area contributed by atoms with Crippen molar-refractivity contribution < 1.29 is 19.0 Å². The number of carbonyl (C=O) groups excluding carboxylic acids is 1. The third-order valence-electron chi connectivity index (χ3n) is 3.93. The Morgan fingerprint density at radius 1 is 1.41 bits per heavy atom. The highest BCUT2D eigenvalue weighted by atomic mass is 19.1. The van der Waals surface area contributed by atoms with E-state index >= 15 is 0 Å². The Morgan fingerprint density at radius 3 is 2.73 bits per heavy atom. The van der Waals surface area contributed by atoms with E-state index in [1.165, 1.54) is 12.1 Å². The van der Waals surface area contributed by atoms with E-state index in [4.69, 9.17) is 4.74 Å². The molecule has 0 radical (unpaired) electrons. The number of rotatable bonds is 2. The largest absolute Gasteiger partial charge is 0.444 e. The van der Waals surface area contributed by atoms with Gasteiger partial charge in [-0.2, -0.15) is 0 Å². The van der Waals surface area contributed by atoms with Crippen LogP contribution in [0, 0.1) is 5.82 Å². The molecule has 0 saturated heterocycles.